The number of carbonyl (C=O) groups is 3. The van der Waals surface area contributed by atoms with Gasteiger partial charge in [0.1, 0.15) is 12.4 Å². The fourth-order valence-electron chi connectivity index (χ4n) is 5.51. The summed E-state index contributed by atoms with van der Waals surface area (Å²) < 4.78 is 13.0. The molecule has 5 atom stereocenters. The lowest BCUT2D eigenvalue weighted by Gasteiger charge is -2.32. The van der Waals surface area contributed by atoms with Gasteiger partial charge in [-0.2, -0.15) is 0 Å². The number of carbonyl (C=O) groups excluding carboxylic acids is 3. The van der Waals surface area contributed by atoms with Crippen molar-refractivity contribution in [3.05, 3.63) is 50.2 Å². The molecule has 31 heavy (non-hydrogen) atoms. The molecule has 2 saturated carbocycles. The van der Waals surface area contributed by atoms with Crippen LogP contribution >= 0.6 is 23.1 Å². The number of rotatable bonds is 3. The minimum Gasteiger partial charge on any atom is -0.325 e. The Hall–Kier alpha value is -2.72. The van der Waals surface area contributed by atoms with Gasteiger partial charge in [0.2, 0.25) is 17.7 Å². The minimum absolute atomic E-state index is 0.0180. The second-order valence-electron chi connectivity index (χ2n) is 8.27. The van der Waals surface area contributed by atoms with Gasteiger partial charge in [-0.15, -0.1) is 0 Å². The topological polar surface area (TPSA) is 99.3 Å². The van der Waals surface area contributed by atoms with Crippen molar-refractivity contribution in [1.82, 2.24) is 9.88 Å². The highest BCUT2D eigenvalue weighted by Crippen LogP contribution is 2.64. The van der Waals surface area contributed by atoms with Crippen molar-refractivity contribution < 1.29 is 18.8 Å². The third kappa shape index (κ3) is 2.77. The summed E-state index contributed by atoms with van der Waals surface area (Å²) in [6, 6.07) is 5.30. The van der Waals surface area contributed by atoms with Gasteiger partial charge in [-0.1, -0.05) is 28.7 Å². The molecular weight excluding hydrogens is 441 g/mol. The van der Waals surface area contributed by atoms with Gasteiger partial charge in [-0.25, -0.2) is 4.39 Å². The number of likely N-dealkylation sites (tertiary alicyclic amines) is 1. The molecule has 0 unspecified atom stereocenters. The number of benzene rings is 1. The number of anilines is 1. The number of aromatic nitrogens is 1. The molecule has 1 aromatic heterocycles. The van der Waals surface area contributed by atoms with Crippen LogP contribution in [0.3, 0.4) is 0 Å². The van der Waals surface area contributed by atoms with Crippen molar-refractivity contribution in [3.8, 4) is 0 Å². The number of aromatic amines is 1. The fraction of sp³-hybridized carbons (Fsp3) is 0.333. The van der Waals surface area contributed by atoms with Crippen LogP contribution in [0.5, 0.6) is 0 Å². The lowest BCUT2D eigenvalue weighted by molar-refractivity contribution is -0.143. The molecule has 2 aliphatic heterocycles. The van der Waals surface area contributed by atoms with E-state index in [1.165, 1.54) is 24.3 Å². The number of nitrogens with zero attached hydrogens (tertiary/aromatic N) is 1. The second-order valence-corrected chi connectivity index (χ2v) is 10.4. The molecule has 2 bridgehead atoms. The molecule has 2 N–H and O–H groups in total. The van der Waals surface area contributed by atoms with Gasteiger partial charge < -0.3 is 10.3 Å². The number of H-pyrrole nitrogens is 1. The van der Waals surface area contributed by atoms with Gasteiger partial charge in [0, 0.05) is 10.9 Å². The van der Waals surface area contributed by atoms with Gasteiger partial charge in [0.05, 0.1) is 21.7 Å². The number of imide groups is 1. The Morgan fingerprint density at radius 3 is 2.68 bits per heavy atom. The normalized spacial score (nSPS) is 30.2. The zero-order chi connectivity index (χ0) is 21.4. The molecule has 1 aromatic carbocycles. The average Bonchev–Trinajstić information content (AvgIpc) is 3.45. The maximum absolute atomic E-state index is 13.1. The SMILES string of the molecule is O=C(CN1C(=O)[C@@H]2[C@@H]3C[C@H](C4=Cc5sc(=O)[nH]c5S[C@H]43)[C@@H]2C1=O)Nc1ccc(F)cc1. The van der Waals surface area contributed by atoms with Gasteiger partial charge >= 0.3 is 4.87 Å². The van der Waals surface area contributed by atoms with E-state index < -0.39 is 23.6 Å². The molecule has 3 fully saturated rings. The highest BCUT2D eigenvalue weighted by atomic mass is 32.2. The highest BCUT2D eigenvalue weighted by Gasteiger charge is 2.66. The quantitative estimate of drug-likeness (QED) is 0.690. The molecular formula is C21H16FN3O4S2. The van der Waals surface area contributed by atoms with Gasteiger partial charge in [0.15, 0.2) is 0 Å². The van der Waals surface area contributed by atoms with Crippen molar-refractivity contribution in [2.24, 2.45) is 23.7 Å². The lowest BCUT2D eigenvalue weighted by Crippen LogP contribution is -2.39. The van der Waals surface area contributed by atoms with Crippen molar-refractivity contribution in [2.75, 3.05) is 11.9 Å². The zero-order valence-electron chi connectivity index (χ0n) is 16.0. The van der Waals surface area contributed by atoms with Crippen LogP contribution in [0.2, 0.25) is 0 Å². The third-order valence-electron chi connectivity index (χ3n) is 6.67. The molecule has 3 heterocycles. The van der Waals surface area contributed by atoms with Gasteiger partial charge in [-0.3, -0.25) is 24.1 Å². The molecule has 3 amide bonds. The van der Waals surface area contributed by atoms with E-state index in [9.17, 15) is 23.6 Å². The highest BCUT2D eigenvalue weighted by molar-refractivity contribution is 8.00. The van der Waals surface area contributed by atoms with E-state index in [-0.39, 0.29) is 40.3 Å². The number of fused-ring (bicyclic) bond motifs is 9. The summed E-state index contributed by atoms with van der Waals surface area (Å²) in [5, 5.41) is 3.52. The van der Waals surface area contributed by atoms with E-state index in [0.717, 1.165) is 38.1 Å². The molecule has 0 radical (unpaired) electrons. The summed E-state index contributed by atoms with van der Waals surface area (Å²) in [6.45, 7) is -0.348. The standard InChI is InChI=1S/C21H16FN3O4S2/c22-8-1-3-9(4-2-8)23-14(26)7-25-19(27)15-10-5-12(16(15)20(25)28)17-11(10)6-13-18(31-17)24-21(29)30-13/h1-4,6,10,12,15-17H,5,7H2,(H,23,26)(H,24,29)/t10-,12+,15+,16-,17-/m1/s1. The first-order valence-corrected chi connectivity index (χ1v) is 11.6. The van der Waals surface area contributed by atoms with Crippen molar-refractivity contribution >= 4 is 52.6 Å². The Kier molecular flexibility index (Phi) is 4.07. The van der Waals surface area contributed by atoms with Crippen LogP contribution in [-0.2, 0) is 14.4 Å². The third-order valence-corrected chi connectivity index (χ3v) is 9.06. The Bertz CT molecular complexity index is 1230. The molecule has 2 aliphatic carbocycles. The summed E-state index contributed by atoms with van der Waals surface area (Å²) in [4.78, 5) is 55.1. The molecule has 1 saturated heterocycles. The largest absolute Gasteiger partial charge is 0.325 e. The summed E-state index contributed by atoms with van der Waals surface area (Å²) in [6.07, 6.45) is 2.80. The lowest BCUT2D eigenvalue weighted by atomic mass is 9.77. The van der Waals surface area contributed by atoms with Crippen LogP contribution < -0.4 is 10.2 Å². The molecule has 10 heteroatoms. The predicted molar refractivity (Wildman–Crippen MR) is 113 cm³/mol. The number of thiazole rings is 1. The summed E-state index contributed by atoms with van der Waals surface area (Å²) >= 11 is 2.73. The number of thioether (sulfide) groups is 1. The number of hydrogen-bond acceptors (Lipinski definition) is 6. The smallest absolute Gasteiger partial charge is 0.305 e. The predicted octanol–water partition coefficient (Wildman–Crippen LogP) is 2.32. The number of halogens is 1. The van der Waals surface area contributed by atoms with Crippen molar-refractivity contribution in [1.29, 1.82) is 0 Å². The Morgan fingerprint density at radius 1 is 1.16 bits per heavy atom. The van der Waals surface area contributed by atoms with E-state index >= 15 is 0 Å². The van der Waals surface area contributed by atoms with Crippen LogP contribution in [0.15, 0.2) is 39.7 Å². The Balaban J connectivity index is 1.23. The number of amides is 3. The van der Waals surface area contributed by atoms with Gasteiger partial charge in [-0.05, 0) is 48.6 Å². The summed E-state index contributed by atoms with van der Waals surface area (Å²) in [7, 11) is 0. The maximum Gasteiger partial charge on any atom is 0.305 e. The maximum atomic E-state index is 13.1. The van der Waals surface area contributed by atoms with E-state index in [0.29, 0.717) is 5.69 Å². The Labute approximate surface area is 183 Å². The monoisotopic (exact) mass is 457 g/mol. The van der Waals surface area contributed by atoms with Crippen LogP contribution in [0.1, 0.15) is 11.3 Å². The summed E-state index contributed by atoms with van der Waals surface area (Å²) in [5.74, 6) is -2.36. The van der Waals surface area contributed by atoms with Crippen LogP contribution in [0.4, 0.5) is 10.1 Å². The van der Waals surface area contributed by atoms with Crippen LogP contribution in [0.25, 0.3) is 6.08 Å². The van der Waals surface area contributed by atoms with Crippen molar-refractivity contribution in [3.63, 3.8) is 0 Å². The van der Waals surface area contributed by atoms with Crippen LogP contribution in [-0.4, -0.2) is 39.4 Å². The fourth-order valence-corrected chi connectivity index (χ4v) is 7.95. The van der Waals surface area contributed by atoms with E-state index in [1.807, 2.05) is 6.08 Å². The molecule has 6 rings (SSSR count). The average molecular weight is 458 g/mol. The van der Waals surface area contributed by atoms with E-state index in [1.54, 1.807) is 11.8 Å². The first-order valence-electron chi connectivity index (χ1n) is 9.92. The minimum atomic E-state index is -0.494. The first kappa shape index (κ1) is 19.0. The molecule has 158 valence electrons. The van der Waals surface area contributed by atoms with E-state index in [2.05, 4.69) is 10.3 Å². The summed E-state index contributed by atoms with van der Waals surface area (Å²) in [5.41, 5.74) is 1.54. The van der Waals surface area contributed by atoms with Crippen molar-refractivity contribution in [2.45, 2.75) is 16.7 Å². The van der Waals surface area contributed by atoms with Crippen LogP contribution in [0, 0.1) is 29.5 Å². The molecule has 2 aromatic rings. The Morgan fingerprint density at radius 2 is 1.90 bits per heavy atom. The molecule has 7 nitrogen and oxygen atoms in total. The molecule has 4 aliphatic rings. The molecule has 0 spiro atoms. The number of nitrogens with one attached hydrogen (secondary N) is 2. The second kappa shape index (κ2) is 6.64. The van der Waals surface area contributed by atoms with E-state index in [4.69, 9.17) is 0 Å². The first-order chi connectivity index (χ1) is 14.9. The zero-order valence-corrected chi connectivity index (χ0v) is 17.6. The number of hydrogen-bond donors (Lipinski definition) is 2. The van der Waals surface area contributed by atoms with Gasteiger partial charge in [0.25, 0.3) is 0 Å².